The Bertz CT molecular complexity index is 629. The van der Waals surface area contributed by atoms with Crippen LogP contribution < -0.4 is 10.1 Å². The van der Waals surface area contributed by atoms with Crippen LogP contribution in [0.2, 0.25) is 0 Å². The van der Waals surface area contributed by atoms with Crippen molar-refractivity contribution in [2.45, 2.75) is 6.92 Å². The summed E-state index contributed by atoms with van der Waals surface area (Å²) in [4.78, 5) is 12.2. The van der Waals surface area contributed by atoms with Crippen LogP contribution in [0.3, 0.4) is 0 Å². The van der Waals surface area contributed by atoms with Crippen LogP contribution in [0.4, 0.5) is 5.69 Å². The topological polar surface area (TPSA) is 38.3 Å². The lowest BCUT2D eigenvalue weighted by Crippen LogP contribution is -2.12. The molecule has 0 fully saturated rings. The number of ether oxygens (including phenoxy) is 1. The summed E-state index contributed by atoms with van der Waals surface area (Å²) >= 11 is 6.75. The number of carbonyl (C=O) groups excluding carboxylic acids is 1. The van der Waals surface area contributed by atoms with E-state index >= 15 is 0 Å². The molecule has 0 radical (unpaired) electrons. The minimum Gasteiger partial charge on any atom is -0.494 e. The van der Waals surface area contributed by atoms with Crippen LogP contribution in [-0.2, 0) is 0 Å². The van der Waals surface area contributed by atoms with Crippen LogP contribution >= 0.6 is 31.9 Å². The number of anilines is 1. The van der Waals surface area contributed by atoms with Crippen molar-refractivity contribution < 1.29 is 9.53 Å². The Morgan fingerprint density at radius 1 is 1.20 bits per heavy atom. The van der Waals surface area contributed by atoms with Gasteiger partial charge in [-0.2, -0.15) is 0 Å². The van der Waals surface area contributed by atoms with Gasteiger partial charge in [0.2, 0.25) is 0 Å². The van der Waals surface area contributed by atoms with E-state index in [1.54, 1.807) is 12.1 Å². The zero-order chi connectivity index (χ0) is 14.5. The molecule has 0 atom stereocenters. The normalized spacial score (nSPS) is 10.2. The highest BCUT2D eigenvalue weighted by Gasteiger charge is 2.10. The molecule has 0 saturated carbocycles. The molecule has 0 aliphatic carbocycles. The molecule has 2 rings (SSSR count). The van der Waals surface area contributed by atoms with Crippen molar-refractivity contribution in [3.8, 4) is 5.75 Å². The third kappa shape index (κ3) is 3.84. The van der Waals surface area contributed by atoms with Gasteiger partial charge in [-0.1, -0.05) is 22.0 Å². The molecule has 0 saturated heterocycles. The number of halogens is 2. The summed E-state index contributed by atoms with van der Waals surface area (Å²) in [5.74, 6) is 0.568. The summed E-state index contributed by atoms with van der Waals surface area (Å²) in [5.41, 5.74) is 1.28. The first-order valence-corrected chi connectivity index (χ1v) is 7.68. The quantitative estimate of drug-likeness (QED) is 0.798. The number of carbonyl (C=O) groups is 1. The van der Waals surface area contributed by atoms with Crippen molar-refractivity contribution >= 4 is 43.5 Å². The Morgan fingerprint density at radius 3 is 2.70 bits per heavy atom. The minimum atomic E-state index is -0.168. The summed E-state index contributed by atoms with van der Waals surface area (Å²) in [6.45, 7) is 2.51. The van der Waals surface area contributed by atoms with E-state index in [1.165, 1.54) is 0 Å². The van der Waals surface area contributed by atoms with Gasteiger partial charge < -0.3 is 10.1 Å². The van der Waals surface area contributed by atoms with Crippen LogP contribution in [0.25, 0.3) is 0 Å². The van der Waals surface area contributed by atoms with Gasteiger partial charge in [0, 0.05) is 20.7 Å². The molecule has 1 N–H and O–H groups in total. The van der Waals surface area contributed by atoms with Gasteiger partial charge in [-0.3, -0.25) is 4.79 Å². The highest BCUT2D eigenvalue weighted by molar-refractivity contribution is 9.11. The number of hydrogen-bond acceptors (Lipinski definition) is 2. The molecule has 0 aromatic heterocycles. The molecular weight excluding hydrogens is 386 g/mol. The molecular formula is C15H13Br2NO2. The highest BCUT2D eigenvalue weighted by Crippen LogP contribution is 2.24. The lowest BCUT2D eigenvalue weighted by molar-refractivity contribution is 0.102. The van der Waals surface area contributed by atoms with Crippen molar-refractivity contribution in [1.82, 2.24) is 0 Å². The number of benzene rings is 2. The molecule has 0 unspecified atom stereocenters. The highest BCUT2D eigenvalue weighted by atomic mass is 79.9. The van der Waals surface area contributed by atoms with Crippen LogP contribution in [0.5, 0.6) is 5.75 Å². The van der Waals surface area contributed by atoms with E-state index in [2.05, 4.69) is 37.2 Å². The van der Waals surface area contributed by atoms with E-state index in [-0.39, 0.29) is 5.91 Å². The monoisotopic (exact) mass is 397 g/mol. The molecule has 0 heterocycles. The largest absolute Gasteiger partial charge is 0.494 e. The van der Waals surface area contributed by atoms with Crippen LogP contribution in [-0.4, -0.2) is 12.5 Å². The van der Waals surface area contributed by atoms with E-state index in [0.29, 0.717) is 17.9 Å². The van der Waals surface area contributed by atoms with Gasteiger partial charge in [0.1, 0.15) is 5.75 Å². The van der Waals surface area contributed by atoms with E-state index < -0.39 is 0 Å². The number of amides is 1. The summed E-state index contributed by atoms with van der Waals surface area (Å²) in [6, 6.07) is 12.8. The fourth-order valence-electron chi connectivity index (χ4n) is 1.70. The fourth-order valence-corrected chi connectivity index (χ4v) is 2.93. The van der Waals surface area contributed by atoms with Gasteiger partial charge in [0.05, 0.1) is 12.2 Å². The zero-order valence-corrected chi connectivity index (χ0v) is 14.0. The summed E-state index contributed by atoms with van der Waals surface area (Å²) < 4.78 is 7.06. The first kappa shape index (κ1) is 15.1. The van der Waals surface area contributed by atoms with E-state index in [9.17, 15) is 4.79 Å². The maximum absolute atomic E-state index is 12.2. The molecule has 104 valence electrons. The van der Waals surface area contributed by atoms with Crippen molar-refractivity contribution in [3.63, 3.8) is 0 Å². The predicted molar refractivity (Wildman–Crippen MR) is 87.4 cm³/mol. The van der Waals surface area contributed by atoms with Gasteiger partial charge >= 0.3 is 0 Å². The van der Waals surface area contributed by atoms with E-state index in [0.717, 1.165) is 14.7 Å². The zero-order valence-electron chi connectivity index (χ0n) is 10.8. The Morgan fingerprint density at radius 2 is 2.00 bits per heavy atom. The van der Waals surface area contributed by atoms with Crippen molar-refractivity contribution in [2.24, 2.45) is 0 Å². The third-order valence-electron chi connectivity index (χ3n) is 2.58. The van der Waals surface area contributed by atoms with Gasteiger partial charge in [-0.05, 0) is 53.2 Å². The molecule has 0 aliphatic rings. The second kappa shape index (κ2) is 6.90. The number of rotatable bonds is 4. The molecule has 0 aliphatic heterocycles. The maximum atomic E-state index is 12.2. The average molecular weight is 399 g/mol. The second-order valence-corrected chi connectivity index (χ2v) is 5.81. The van der Waals surface area contributed by atoms with Crippen LogP contribution in [0, 0.1) is 0 Å². The maximum Gasteiger partial charge on any atom is 0.256 e. The van der Waals surface area contributed by atoms with Gasteiger partial charge in [0.15, 0.2) is 0 Å². The van der Waals surface area contributed by atoms with Crippen LogP contribution in [0.15, 0.2) is 51.4 Å². The average Bonchev–Trinajstić information content (AvgIpc) is 2.39. The molecule has 0 spiro atoms. The first-order valence-electron chi connectivity index (χ1n) is 6.09. The van der Waals surface area contributed by atoms with Gasteiger partial charge in [-0.25, -0.2) is 0 Å². The molecule has 5 heteroatoms. The van der Waals surface area contributed by atoms with Crippen molar-refractivity contribution in [3.05, 3.63) is 57.0 Å². The first-order chi connectivity index (χ1) is 9.60. The van der Waals surface area contributed by atoms with Gasteiger partial charge in [0.25, 0.3) is 5.91 Å². The molecule has 1 amide bonds. The fraction of sp³-hybridized carbons (Fsp3) is 0.133. The smallest absolute Gasteiger partial charge is 0.256 e. The number of nitrogens with one attached hydrogen (secondary N) is 1. The van der Waals surface area contributed by atoms with Gasteiger partial charge in [-0.15, -0.1) is 0 Å². The lowest BCUT2D eigenvalue weighted by Gasteiger charge is -2.09. The van der Waals surface area contributed by atoms with E-state index in [1.807, 2.05) is 37.3 Å². The molecule has 2 aromatic rings. The summed E-state index contributed by atoms with van der Waals surface area (Å²) in [7, 11) is 0. The Hall–Kier alpha value is -1.33. The number of hydrogen-bond donors (Lipinski definition) is 1. The Balaban J connectivity index is 2.17. The Kier molecular flexibility index (Phi) is 5.20. The second-order valence-electron chi connectivity index (χ2n) is 4.04. The van der Waals surface area contributed by atoms with Crippen LogP contribution in [0.1, 0.15) is 17.3 Å². The summed E-state index contributed by atoms with van der Waals surface area (Å²) in [5, 5.41) is 2.85. The third-order valence-corrected chi connectivity index (χ3v) is 3.73. The lowest BCUT2D eigenvalue weighted by atomic mass is 10.2. The summed E-state index contributed by atoms with van der Waals surface area (Å²) in [6.07, 6.45) is 0. The minimum absolute atomic E-state index is 0.168. The molecule has 20 heavy (non-hydrogen) atoms. The Labute approximate surface area is 134 Å². The van der Waals surface area contributed by atoms with Crippen molar-refractivity contribution in [1.29, 1.82) is 0 Å². The SMILES string of the molecule is CCOc1cccc(NC(=O)c2ccc(Br)cc2Br)c1. The molecule has 2 aromatic carbocycles. The standard InChI is InChI=1S/C15H13Br2NO2/c1-2-20-12-5-3-4-11(9-12)18-15(19)13-7-6-10(16)8-14(13)17/h3-9H,2H2,1H3,(H,18,19). The van der Waals surface area contributed by atoms with Crippen molar-refractivity contribution in [2.75, 3.05) is 11.9 Å². The molecule has 3 nitrogen and oxygen atoms in total. The van der Waals surface area contributed by atoms with E-state index in [4.69, 9.17) is 4.74 Å². The molecule has 0 bridgehead atoms. The predicted octanol–water partition coefficient (Wildman–Crippen LogP) is 4.86.